The van der Waals surface area contributed by atoms with Crippen molar-refractivity contribution < 1.29 is 14.3 Å². The van der Waals surface area contributed by atoms with E-state index in [1.54, 1.807) is 18.2 Å². The minimum Gasteiger partial charge on any atom is -0.495 e. The second kappa shape index (κ2) is 10.0. The summed E-state index contributed by atoms with van der Waals surface area (Å²) in [7, 11) is 1.71. The van der Waals surface area contributed by atoms with Crippen LogP contribution in [-0.4, -0.2) is 77.8 Å². The Kier molecular flexibility index (Phi) is 7.11. The topological polar surface area (TPSA) is 83.1 Å². The Hall–Kier alpha value is -3.07. The molecule has 1 N–H and O–H groups in total. The number of nitrogens with zero attached hydrogens (tertiary/aromatic N) is 5. The van der Waals surface area contributed by atoms with Gasteiger partial charge in [-0.25, -0.2) is 14.8 Å². The molecule has 0 atom stereocenters. The van der Waals surface area contributed by atoms with Gasteiger partial charge in [-0.15, -0.1) is 0 Å². The normalized spacial score (nSPS) is 16.7. The van der Waals surface area contributed by atoms with Crippen molar-refractivity contribution in [2.45, 2.75) is 46.3 Å². The van der Waals surface area contributed by atoms with Crippen molar-refractivity contribution in [2.75, 3.05) is 56.6 Å². The van der Waals surface area contributed by atoms with Gasteiger partial charge in [-0.3, -0.25) is 0 Å². The summed E-state index contributed by atoms with van der Waals surface area (Å²) in [5, 5.41) is 3.31. The van der Waals surface area contributed by atoms with Gasteiger partial charge in [-0.2, -0.15) is 0 Å². The Morgan fingerprint density at radius 3 is 2.59 bits per heavy atom. The van der Waals surface area contributed by atoms with Crippen molar-refractivity contribution >= 4 is 23.4 Å². The van der Waals surface area contributed by atoms with Crippen LogP contribution in [0.3, 0.4) is 0 Å². The number of amides is 1. The molecule has 9 nitrogen and oxygen atoms in total. The number of carbonyl (C=O) groups excluding carboxylic acids is 1. The lowest BCUT2D eigenvalue weighted by Gasteiger charge is -2.36. The molecule has 3 heterocycles. The molecule has 1 aromatic carbocycles. The monoisotopic (exact) mass is 468 g/mol. The molecule has 0 unspecified atom stereocenters. The van der Waals surface area contributed by atoms with Crippen molar-refractivity contribution in [1.82, 2.24) is 19.8 Å². The van der Waals surface area contributed by atoms with Crippen LogP contribution in [0.5, 0.6) is 5.75 Å². The first-order valence-electron chi connectivity index (χ1n) is 12.0. The average Bonchev–Trinajstić information content (AvgIpc) is 2.82. The van der Waals surface area contributed by atoms with E-state index in [9.17, 15) is 4.79 Å². The fraction of sp³-hybridized carbons (Fsp3) is 0.560. The highest BCUT2D eigenvalue weighted by molar-refractivity contribution is 5.69. The molecule has 34 heavy (non-hydrogen) atoms. The Bertz CT molecular complexity index is 1010. The van der Waals surface area contributed by atoms with E-state index in [-0.39, 0.29) is 6.09 Å². The molecule has 1 aromatic heterocycles. The lowest BCUT2D eigenvalue weighted by atomic mass is 10.1. The quantitative estimate of drug-likeness (QED) is 0.712. The zero-order chi connectivity index (χ0) is 24.3. The number of benzene rings is 1. The van der Waals surface area contributed by atoms with Crippen molar-refractivity contribution in [3.63, 3.8) is 0 Å². The molecule has 4 rings (SSSR count). The Balaban J connectivity index is 1.42. The van der Waals surface area contributed by atoms with Gasteiger partial charge in [0.2, 0.25) is 5.95 Å². The van der Waals surface area contributed by atoms with Crippen LogP contribution in [0.25, 0.3) is 0 Å². The summed E-state index contributed by atoms with van der Waals surface area (Å²) < 4.78 is 11.2. The molecule has 0 spiro atoms. The third kappa shape index (κ3) is 5.70. The predicted molar refractivity (Wildman–Crippen MR) is 133 cm³/mol. The molecule has 0 bridgehead atoms. The Labute approximate surface area is 202 Å². The maximum atomic E-state index is 12.4. The zero-order valence-corrected chi connectivity index (χ0v) is 20.9. The fourth-order valence-electron chi connectivity index (χ4n) is 4.31. The minimum atomic E-state index is -0.512. The van der Waals surface area contributed by atoms with E-state index in [1.807, 2.05) is 32.9 Å². The molecule has 1 fully saturated rings. The SMILES string of the molecule is CCN1CCN(c2ccc(Nc3ncc4c(n3)CCN(C(=O)OC(C)(C)C)C4)cc2OC)CC1. The van der Waals surface area contributed by atoms with Crippen LogP contribution in [0.4, 0.5) is 22.1 Å². The fourth-order valence-corrected chi connectivity index (χ4v) is 4.31. The van der Waals surface area contributed by atoms with Gasteiger partial charge in [-0.1, -0.05) is 6.92 Å². The third-order valence-corrected chi connectivity index (χ3v) is 6.18. The smallest absolute Gasteiger partial charge is 0.410 e. The maximum absolute atomic E-state index is 12.4. The van der Waals surface area contributed by atoms with E-state index in [2.05, 4.69) is 33.1 Å². The molecule has 184 valence electrons. The van der Waals surface area contributed by atoms with E-state index < -0.39 is 5.60 Å². The number of nitrogens with one attached hydrogen (secondary N) is 1. The van der Waals surface area contributed by atoms with Crippen LogP contribution >= 0.6 is 0 Å². The number of methoxy groups -OCH3 is 1. The number of rotatable bonds is 5. The van der Waals surface area contributed by atoms with E-state index in [4.69, 9.17) is 14.5 Å². The van der Waals surface area contributed by atoms with Gasteiger partial charge in [0.05, 0.1) is 25.0 Å². The van der Waals surface area contributed by atoms with Crippen molar-refractivity contribution in [1.29, 1.82) is 0 Å². The van der Waals surface area contributed by atoms with Gasteiger partial charge in [0.15, 0.2) is 0 Å². The molecule has 0 saturated carbocycles. The van der Waals surface area contributed by atoms with Gasteiger partial charge >= 0.3 is 6.09 Å². The second-order valence-electron chi connectivity index (χ2n) is 9.75. The molecule has 0 radical (unpaired) electrons. The highest BCUT2D eigenvalue weighted by Crippen LogP contribution is 2.33. The number of likely N-dealkylation sites (N-methyl/N-ethyl adjacent to an activating group) is 1. The van der Waals surface area contributed by atoms with Crippen LogP contribution in [-0.2, 0) is 17.7 Å². The summed E-state index contributed by atoms with van der Waals surface area (Å²) in [6, 6.07) is 6.13. The summed E-state index contributed by atoms with van der Waals surface area (Å²) in [6.07, 6.45) is 2.15. The van der Waals surface area contributed by atoms with Crippen LogP contribution in [0.2, 0.25) is 0 Å². The first-order chi connectivity index (χ1) is 16.3. The molecular weight excluding hydrogens is 432 g/mol. The lowest BCUT2D eigenvalue weighted by Crippen LogP contribution is -2.46. The van der Waals surface area contributed by atoms with Gasteiger partial charge in [0.1, 0.15) is 11.4 Å². The van der Waals surface area contributed by atoms with Crippen LogP contribution in [0.15, 0.2) is 24.4 Å². The summed E-state index contributed by atoms with van der Waals surface area (Å²) in [5.74, 6) is 1.37. The van der Waals surface area contributed by atoms with Crippen molar-refractivity contribution in [3.8, 4) is 5.75 Å². The lowest BCUT2D eigenvalue weighted by molar-refractivity contribution is 0.0222. The predicted octanol–water partition coefficient (Wildman–Crippen LogP) is 3.66. The number of aromatic nitrogens is 2. The summed E-state index contributed by atoms with van der Waals surface area (Å²) in [6.45, 7) is 14.1. The zero-order valence-electron chi connectivity index (χ0n) is 20.9. The van der Waals surface area contributed by atoms with E-state index in [0.29, 0.717) is 25.5 Å². The number of anilines is 3. The second-order valence-corrected chi connectivity index (χ2v) is 9.75. The number of piperazine rings is 1. The van der Waals surface area contributed by atoms with E-state index in [0.717, 1.165) is 61.1 Å². The summed E-state index contributed by atoms with van der Waals surface area (Å²) in [5.41, 5.74) is 3.37. The van der Waals surface area contributed by atoms with Gasteiger partial charge in [-0.05, 0) is 39.4 Å². The van der Waals surface area contributed by atoms with Gasteiger partial charge < -0.3 is 29.5 Å². The standard InChI is InChI=1S/C25H36N6O3/c1-6-29-11-13-30(14-12-29)21-8-7-19(15-22(21)33-5)27-23-26-16-18-17-31(10-9-20(18)28-23)24(32)34-25(2,3)4/h7-8,15-16H,6,9-14,17H2,1-5H3,(H,26,27,28). The van der Waals surface area contributed by atoms with Crippen molar-refractivity contribution in [3.05, 3.63) is 35.7 Å². The molecule has 1 amide bonds. The highest BCUT2D eigenvalue weighted by atomic mass is 16.6. The maximum Gasteiger partial charge on any atom is 0.410 e. The number of ether oxygens (including phenoxy) is 2. The average molecular weight is 469 g/mol. The molecule has 2 aliphatic rings. The molecule has 2 aliphatic heterocycles. The molecule has 2 aromatic rings. The molecule has 1 saturated heterocycles. The number of hydrogen-bond acceptors (Lipinski definition) is 8. The largest absolute Gasteiger partial charge is 0.495 e. The van der Waals surface area contributed by atoms with Gasteiger partial charge in [0.25, 0.3) is 0 Å². The Morgan fingerprint density at radius 2 is 1.91 bits per heavy atom. The Morgan fingerprint density at radius 1 is 1.15 bits per heavy atom. The third-order valence-electron chi connectivity index (χ3n) is 6.18. The number of fused-ring (bicyclic) bond motifs is 1. The first-order valence-corrected chi connectivity index (χ1v) is 12.0. The molecular formula is C25H36N6O3. The van der Waals surface area contributed by atoms with Crippen LogP contribution in [0.1, 0.15) is 39.0 Å². The number of carbonyl (C=O) groups is 1. The van der Waals surface area contributed by atoms with E-state index >= 15 is 0 Å². The van der Waals surface area contributed by atoms with Crippen molar-refractivity contribution in [2.24, 2.45) is 0 Å². The van der Waals surface area contributed by atoms with Crippen LogP contribution < -0.4 is 15.0 Å². The highest BCUT2D eigenvalue weighted by Gasteiger charge is 2.27. The minimum absolute atomic E-state index is 0.302. The first kappa shape index (κ1) is 24.1. The van der Waals surface area contributed by atoms with E-state index in [1.165, 1.54) is 0 Å². The molecule has 0 aliphatic carbocycles. The summed E-state index contributed by atoms with van der Waals surface area (Å²) in [4.78, 5) is 28.1. The van der Waals surface area contributed by atoms with Crippen LogP contribution in [0, 0.1) is 0 Å². The molecule has 9 heteroatoms. The summed E-state index contributed by atoms with van der Waals surface area (Å²) >= 11 is 0. The number of hydrogen-bond donors (Lipinski definition) is 1. The van der Waals surface area contributed by atoms with Gasteiger partial charge in [0, 0.05) is 62.7 Å².